The Kier molecular flexibility index (Phi) is 15.1. The van der Waals surface area contributed by atoms with Gasteiger partial charge in [0.25, 0.3) is 0 Å². The fraction of sp³-hybridized carbons (Fsp3) is 0.614. The van der Waals surface area contributed by atoms with Crippen LogP contribution in [0.5, 0.6) is 0 Å². The van der Waals surface area contributed by atoms with E-state index in [1.54, 1.807) is 11.8 Å². The maximum Gasteiger partial charge on any atom is 0.247 e. The molecule has 0 aliphatic carbocycles. The SMILES string of the molecule is CN[C@@H](C)C(=S)N[C@H]1CCSC2CC(C)(C)[C@@H](C(=O)Nc3ccccc3CCc3ccccc3NC(=O)[C@H]3N4C(=O)[C@@H](NC(=S)[C@H](C)NC)CCSC4CC3(C)C)N2C1. The lowest BCUT2D eigenvalue weighted by Crippen LogP contribution is -2.56. The van der Waals surface area contributed by atoms with Crippen LogP contribution in [0, 0.1) is 10.8 Å². The number of hydrogen-bond acceptors (Lipinski definition) is 10. The largest absolute Gasteiger partial charge is 0.374 e. The minimum absolute atomic E-state index is 0.0135. The van der Waals surface area contributed by atoms with Gasteiger partial charge in [0.1, 0.15) is 12.1 Å². The molecule has 4 saturated heterocycles. The number of hydrogen-bond donors (Lipinski definition) is 6. The molecule has 4 fully saturated rings. The van der Waals surface area contributed by atoms with Crippen LogP contribution >= 0.6 is 48.0 Å². The van der Waals surface area contributed by atoms with Crippen LogP contribution in [-0.4, -0.2) is 117 Å². The Morgan fingerprint density at radius 3 is 1.83 bits per heavy atom. The van der Waals surface area contributed by atoms with Crippen molar-refractivity contribution in [2.24, 2.45) is 10.8 Å². The Morgan fingerprint density at radius 2 is 1.24 bits per heavy atom. The molecular formula is C44H64N8O3S4. The lowest BCUT2D eigenvalue weighted by atomic mass is 9.84. The first kappa shape index (κ1) is 45.7. The van der Waals surface area contributed by atoms with Crippen LogP contribution in [0.3, 0.4) is 0 Å². The third-order valence-corrected chi connectivity index (χ3v) is 16.2. The van der Waals surface area contributed by atoms with Crippen LogP contribution in [0.4, 0.5) is 11.4 Å². The molecule has 11 nitrogen and oxygen atoms in total. The number of amides is 3. The Hall–Kier alpha value is -2.79. The van der Waals surface area contributed by atoms with Crippen molar-refractivity contribution in [2.45, 2.75) is 127 Å². The molecule has 15 heteroatoms. The van der Waals surface area contributed by atoms with Gasteiger partial charge in [0.2, 0.25) is 17.7 Å². The monoisotopic (exact) mass is 880 g/mol. The predicted molar refractivity (Wildman–Crippen MR) is 253 cm³/mol. The minimum Gasteiger partial charge on any atom is -0.374 e. The van der Waals surface area contributed by atoms with E-state index in [2.05, 4.69) is 77.5 Å². The summed E-state index contributed by atoms with van der Waals surface area (Å²) in [7, 11) is 3.76. The minimum atomic E-state index is -0.643. The molecule has 2 aromatic rings. The number of nitrogens with zero attached hydrogens (tertiary/aromatic N) is 2. The molecule has 2 unspecified atom stereocenters. The number of nitrogens with one attached hydrogen (secondary N) is 6. The number of carbonyl (C=O) groups is 3. The lowest BCUT2D eigenvalue weighted by molar-refractivity contribution is -0.140. The van der Waals surface area contributed by atoms with Crippen LogP contribution in [0.15, 0.2) is 48.5 Å². The van der Waals surface area contributed by atoms with Gasteiger partial charge in [-0.15, -0.1) is 23.5 Å². The van der Waals surface area contributed by atoms with Crippen molar-refractivity contribution < 1.29 is 14.4 Å². The molecule has 0 aromatic heterocycles. The highest BCUT2D eigenvalue weighted by Gasteiger charge is 2.55. The molecule has 0 bridgehead atoms. The normalized spacial score (nSPS) is 27.3. The van der Waals surface area contributed by atoms with Crippen molar-refractivity contribution in [1.29, 1.82) is 0 Å². The first-order valence-corrected chi connectivity index (χ1v) is 24.0. The molecule has 3 amide bonds. The summed E-state index contributed by atoms with van der Waals surface area (Å²) < 4.78 is 0. The molecule has 0 saturated carbocycles. The van der Waals surface area contributed by atoms with Gasteiger partial charge in [0.15, 0.2) is 0 Å². The van der Waals surface area contributed by atoms with Crippen molar-refractivity contribution >= 4 is 87.0 Å². The molecule has 0 radical (unpaired) electrons. The van der Waals surface area contributed by atoms with Crippen LogP contribution in [-0.2, 0) is 27.2 Å². The summed E-state index contributed by atoms with van der Waals surface area (Å²) >= 11 is 15.0. The fourth-order valence-corrected chi connectivity index (χ4v) is 12.9. The summed E-state index contributed by atoms with van der Waals surface area (Å²) in [5.74, 6) is 1.57. The Bertz CT molecular complexity index is 1880. The quantitative estimate of drug-likeness (QED) is 0.136. The second kappa shape index (κ2) is 19.5. The van der Waals surface area contributed by atoms with Crippen LogP contribution in [0.1, 0.15) is 78.4 Å². The van der Waals surface area contributed by atoms with Gasteiger partial charge in [-0.3, -0.25) is 19.3 Å². The van der Waals surface area contributed by atoms with Gasteiger partial charge in [0.05, 0.1) is 38.9 Å². The second-order valence-corrected chi connectivity index (χ2v) is 21.4. The van der Waals surface area contributed by atoms with Gasteiger partial charge in [0, 0.05) is 24.0 Å². The predicted octanol–water partition coefficient (Wildman–Crippen LogP) is 5.79. The molecule has 4 aliphatic heterocycles. The molecule has 4 heterocycles. The Balaban J connectivity index is 1.15. The summed E-state index contributed by atoms with van der Waals surface area (Å²) in [5, 5.41) is 20.1. The van der Waals surface area contributed by atoms with Gasteiger partial charge in [-0.1, -0.05) is 88.5 Å². The third kappa shape index (κ3) is 10.5. The number of likely N-dealkylation sites (N-methyl/N-ethyl adjacent to an activating group) is 2. The van der Waals surface area contributed by atoms with E-state index < -0.39 is 17.5 Å². The van der Waals surface area contributed by atoms with E-state index in [-0.39, 0.29) is 58.1 Å². The average Bonchev–Trinajstić information content (AvgIpc) is 3.46. The maximum absolute atomic E-state index is 14.4. The number of carbonyl (C=O) groups excluding carboxylic acids is 3. The van der Waals surface area contributed by atoms with E-state index in [0.29, 0.717) is 24.3 Å². The van der Waals surface area contributed by atoms with E-state index in [9.17, 15) is 14.4 Å². The zero-order valence-corrected chi connectivity index (χ0v) is 39.1. The smallest absolute Gasteiger partial charge is 0.247 e. The molecular weight excluding hydrogens is 817 g/mol. The number of anilines is 2. The van der Waals surface area contributed by atoms with E-state index >= 15 is 0 Å². The molecule has 0 spiro atoms. The van der Waals surface area contributed by atoms with Crippen molar-refractivity contribution in [3.8, 4) is 0 Å². The number of rotatable bonds is 13. The molecule has 59 heavy (non-hydrogen) atoms. The van der Waals surface area contributed by atoms with Gasteiger partial charge >= 0.3 is 0 Å². The summed E-state index contributed by atoms with van der Waals surface area (Å²) in [6.45, 7) is 13.4. The van der Waals surface area contributed by atoms with E-state index in [1.165, 1.54) is 0 Å². The van der Waals surface area contributed by atoms with Gasteiger partial charge in [-0.25, -0.2) is 0 Å². The van der Waals surface area contributed by atoms with E-state index in [4.69, 9.17) is 24.4 Å². The molecule has 4 aliphatic rings. The van der Waals surface area contributed by atoms with Gasteiger partial charge < -0.3 is 36.8 Å². The van der Waals surface area contributed by atoms with Crippen molar-refractivity contribution in [3.05, 3.63) is 59.7 Å². The summed E-state index contributed by atoms with van der Waals surface area (Å²) in [4.78, 5) is 48.7. The van der Waals surface area contributed by atoms with Crippen molar-refractivity contribution in [3.63, 3.8) is 0 Å². The standard InChI is InChI=1S/C44H64N8O3S4/c1-26(45-7)40(56)47-30-19-21-58-34-23-43(3,4)36(51(34)25-30)38(53)48-31-15-11-9-13-28(31)17-18-29-14-10-12-16-32(29)49-39(54)37-44(5,6)24-35-52(37)42(55)33(20-22-59-35)50-41(57)27(2)46-8/h9-16,26-27,30,33-37,45-46H,17-25H2,1-8H3,(H,47,56)(H,48,53)(H,49,54)(H,50,57)/t26-,27-,30-,33-,34?,35?,36+,37+/m0/s1. The fourth-order valence-electron chi connectivity index (χ4n) is 9.12. The van der Waals surface area contributed by atoms with Crippen LogP contribution in [0.25, 0.3) is 0 Å². The number of thiocarbonyl (C=S) groups is 2. The summed E-state index contributed by atoms with van der Waals surface area (Å²) in [6.07, 6.45) is 4.60. The Labute approximate surface area is 370 Å². The molecule has 6 rings (SSSR count). The lowest BCUT2D eigenvalue weighted by Gasteiger charge is -2.34. The highest BCUT2D eigenvalue weighted by Crippen LogP contribution is 2.48. The zero-order chi connectivity index (χ0) is 42.6. The Morgan fingerprint density at radius 1 is 0.746 bits per heavy atom. The van der Waals surface area contributed by atoms with E-state index in [1.807, 2.05) is 80.1 Å². The summed E-state index contributed by atoms with van der Waals surface area (Å²) in [5.41, 5.74) is 2.91. The molecule has 6 N–H and O–H groups in total. The first-order chi connectivity index (χ1) is 28.0. The second-order valence-electron chi connectivity index (χ2n) is 17.9. The average molecular weight is 881 g/mol. The summed E-state index contributed by atoms with van der Waals surface area (Å²) in [6, 6.07) is 14.7. The van der Waals surface area contributed by atoms with Crippen LogP contribution in [0.2, 0.25) is 0 Å². The number of aryl methyl sites for hydroxylation is 2. The number of para-hydroxylation sites is 2. The molecule has 8 atom stereocenters. The first-order valence-electron chi connectivity index (χ1n) is 21.1. The number of fused-ring (bicyclic) bond motifs is 2. The van der Waals surface area contributed by atoms with Gasteiger partial charge in [-0.05, 0) is 112 Å². The van der Waals surface area contributed by atoms with E-state index in [0.717, 1.165) is 64.8 Å². The molecule has 322 valence electrons. The van der Waals surface area contributed by atoms with Crippen LogP contribution < -0.4 is 31.9 Å². The maximum atomic E-state index is 14.4. The van der Waals surface area contributed by atoms with Crippen molar-refractivity contribution in [2.75, 3.05) is 42.8 Å². The number of thioether (sulfide) groups is 2. The molecule has 2 aromatic carbocycles. The third-order valence-electron chi connectivity index (χ3n) is 12.7. The van der Waals surface area contributed by atoms with Gasteiger partial charge in [-0.2, -0.15) is 0 Å². The topological polar surface area (TPSA) is 130 Å². The highest BCUT2D eigenvalue weighted by atomic mass is 32.2. The zero-order valence-electron chi connectivity index (χ0n) is 35.9. The number of benzene rings is 2. The highest BCUT2D eigenvalue weighted by molar-refractivity contribution is 8.00. The van der Waals surface area contributed by atoms with Crippen molar-refractivity contribution in [1.82, 2.24) is 31.1 Å².